The summed E-state index contributed by atoms with van der Waals surface area (Å²) in [5, 5.41) is 8.30. The third-order valence-corrected chi connectivity index (χ3v) is 3.08. The maximum atomic E-state index is 5.94. The van der Waals surface area contributed by atoms with Gasteiger partial charge in [-0.15, -0.1) is 10.2 Å². The molecule has 0 radical (unpaired) electrons. The highest BCUT2D eigenvalue weighted by Crippen LogP contribution is 2.15. The first-order valence-electron chi connectivity index (χ1n) is 6.51. The van der Waals surface area contributed by atoms with E-state index in [9.17, 15) is 0 Å². The Balaban J connectivity index is 1.75. The molecule has 0 atom stereocenters. The lowest BCUT2D eigenvalue weighted by molar-refractivity contribution is 0.318. The molecule has 5 nitrogen and oxygen atoms in total. The van der Waals surface area contributed by atoms with E-state index in [-0.39, 0.29) is 0 Å². The van der Waals surface area contributed by atoms with Crippen LogP contribution in [0.5, 0.6) is 5.75 Å². The van der Waals surface area contributed by atoms with Gasteiger partial charge in [0.2, 0.25) is 0 Å². The molecule has 0 aliphatic carbocycles. The van der Waals surface area contributed by atoms with Crippen molar-refractivity contribution < 1.29 is 4.74 Å². The molecule has 3 rings (SSSR count). The fraction of sp³-hybridized carbons (Fsp3) is 0.200. The van der Waals surface area contributed by atoms with E-state index in [2.05, 4.69) is 10.2 Å². The Morgan fingerprint density at radius 2 is 2.00 bits per heavy atom. The normalized spacial score (nSPS) is 10.8. The zero-order chi connectivity index (χ0) is 13.9. The Bertz CT molecular complexity index is 721. The molecule has 2 N–H and O–H groups in total. The molecule has 0 spiro atoms. The number of hydrogen-bond acceptors (Lipinski definition) is 4. The molecule has 2 aromatic heterocycles. The van der Waals surface area contributed by atoms with E-state index < -0.39 is 0 Å². The summed E-state index contributed by atoms with van der Waals surface area (Å²) in [6.07, 6.45) is 2.67. The second-order valence-corrected chi connectivity index (χ2v) is 4.69. The number of pyridine rings is 1. The number of aryl methyl sites for hydroxylation is 1. The molecule has 0 aliphatic rings. The number of rotatable bonds is 4. The van der Waals surface area contributed by atoms with Crippen LogP contribution in [0.2, 0.25) is 0 Å². The van der Waals surface area contributed by atoms with Gasteiger partial charge in [-0.25, -0.2) is 0 Å². The van der Waals surface area contributed by atoms with Gasteiger partial charge in [0.15, 0.2) is 5.65 Å². The first-order chi connectivity index (χ1) is 9.74. The lowest BCUT2D eigenvalue weighted by Crippen LogP contribution is -2.05. The van der Waals surface area contributed by atoms with E-state index in [1.807, 2.05) is 53.9 Å². The molecule has 0 unspecified atom stereocenters. The van der Waals surface area contributed by atoms with Crippen LogP contribution in [0.1, 0.15) is 11.4 Å². The van der Waals surface area contributed by atoms with Gasteiger partial charge >= 0.3 is 0 Å². The molecule has 0 bridgehead atoms. The quantitative estimate of drug-likeness (QED) is 0.788. The summed E-state index contributed by atoms with van der Waals surface area (Å²) in [5.74, 6) is 1.71. The van der Waals surface area contributed by atoms with Crippen LogP contribution in [0.15, 0.2) is 42.6 Å². The van der Waals surface area contributed by atoms with E-state index in [1.165, 1.54) is 0 Å². The summed E-state index contributed by atoms with van der Waals surface area (Å²) in [7, 11) is 0. The minimum atomic E-state index is 0.554. The number of ether oxygens (including phenoxy) is 1. The maximum absolute atomic E-state index is 5.94. The molecule has 2 heterocycles. The number of benzene rings is 1. The third kappa shape index (κ3) is 2.42. The Kier molecular flexibility index (Phi) is 3.25. The minimum Gasteiger partial charge on any atom is -0.493 e. The van der Waals surface area contributed by atoms with Crippen molar-refractivity contribution in [1.82, 2.24) is 14.6 Å². The van der Waals surface area contributed by atoms with Crippen molar-refractivity contribution in [2.75, 3.05) is 12.3 Å². The summed E-state index contributed by atoms with van der Waals surface area (Å²) >= 11 is 0. The summed E-state index contributed by atoms with van der Waals surface area (Å²) in [5.41, 5.74) is 8.36. The van der Waals surface area contributed by atoms with Crippen molar-refractivity contribution in [2.24, 2.45) is 0 Å². The first kappa shape index (κ1) is 12.5. The number of anilines is 1. The lowest BCUT2D eigenvalue weighted by Gasteiger charge is -2.06. The Labute approximate surface area is 117 Å². The number of aromatic nitrogens is 3. The molecular weight excluding hydrogens is 252 g/mol. The van der Waals surface area contributed by atoms with Gasteiger partial charge in [0.1, 0.15) is 11.6 Å². The van der Waals surface area contributed by atoms with Gasteiger partial charge in [-0.1, -0.05) is 18.2 Å². The number of para-hydroxylation sites is 1. The molecule has 5 heteroatoms. The van der Waals surface area contributed by atoms with Gasteiger partial charge < -0.3 is 10.5 Å². The van der Waals surface area contributed by atoms with Crippen LogP contribution in [0.4, 0.5) is 5.69 Å². The van der Waals surface area contributed by atoms with Crippen LogP contribution in [0, 0.1) is 6.92 Å². The molecule has 0 saturated carbocycles. The van der Waals surface area contributed by atoms with E-state index in [4.69, 9.17) is 10.5 Å². The molecule has 0 fully saturated rings. The van der Waals surface area contributed by atoms with Gasteiger partial charge in [0.05, 0.1) is 12.3 Å². The molecule has 102 valence electrons. The molecule has 0 amide bonds. The second kappa shape index (κ2) is 5.21. The van der Waals surface area contributed by atoms with Crippen molar-refractivity contribution in [3.63, 3.8) is 0 Å². The molecule has 1 aromatic carbocycles. The number of hydrogen-bond donors (Lipinski definition) is 1. The number of nitrogen functional groups attached to an aromatic ring is 1. The van der Waals surface area contributed by atoms with Crippen LogP contribution < -0.4 is 10.5 Å². The highest BCUT2D eigenvalue weighted by atomic mass is 16.5. The summed E-state index contributed by atoms with van der Waals surface area (Å²) in [4.78, 5) is 0. The molecule has 20 heavy (non-hydrogen) atoms. The highest BCUT2D eigenvalue weighted by molar-refractivity contribution is 5.65. The van der Waals surface area contributed by atoms with Crippen molar-refractivity contribution in [3.05, 3.63) is 54.0 Å². The van der Waals surface area contributed by atoms with Crippen molar-refractivity contribution >= 4 is 11.3 Å². The SMILES string of the molecule is Cc1cc(N)c2nnc(CCOc3ccccc3)n2c1. The molecule has 0 saturated heterocycles. The van der Waals surface area contributed by atoms with Gasteiger partial charge in [0, 0.05) is 12.6 Å². The minimum absolute atomic E-state index is 0.554. The fourth-order valence-electron chi connectivity index (χ4n) is 2.15. The van der Waals surface area contributed by atoms with Crippen LogP contribution in [0.3, 0.4) is 0 Å². The topological polar surface area (TPSA) is 65.4 Å². The largest absolute Gasteiger partial charge is 0.493 e. The average molecular weight is 268 g/mol. The highest BCUT2D eigenvalue weighted by Gasteiger charge is 2.08. The third-order valence-electron chi connectivity index (χ3n) is 3.08. The van der Waals surface area contributed by atoms with E-state index in [0.717, 1.165) is 17.1 Å². The Morgan fingerprint density at radius 1 is 1.20 bits per heavy atom. The van der Waals surface area contributed by atoms with Gasteiger partial charge in [0.25, 0.3) is 0 Å². The summed E-state index contributed by atoms with van der Waals surface area (Å²) in [6.45, 7) is 2.55. The Hall–Kier alpha value is -2.56. The smallest absolute Gasteiger partial charge is 0.184 e. The standard InChI is InChI=1S/C15H16N4O/c1-11-9-13(16)15-18-17-14(19(15)10-11)7-8-20-12-5-3-2-4-6-12/h2-6,9-10H,7-8,16H2,1H3. The number of nitrogens with two attached hydrogens (primary N) is 1. The molecule has 0 aliphatic heterocycles. The predicted octanol–water partition coefficient (Wildman–Crippen LogP) is 2.24. The summed E-state index contributed by atoms with van der Waals surface area (Å²) in [6, 6.07) is 11.6. The number of nitrogens with zero attached hydrogens (tertiary/aromatic N) is 3. The van der Waals surface area contributed by atoms with Crippen LogP contribution in [0.25, 0.3) is 5.65 Å². The van der Waals surface area contributed by atoms with Crippen molar-refractivity contribution in [3.8, 4) is 5.75 Å². The van der Waals surface area contributed by atoms with E-state index in [0.29, 0.717) is 24.4 Å². The van der Waals surface area contributed by atoms with Crippen LogP contribution in [-0.2, 0) is 6.42 Å². The van der Waals surface area contributed by atoms with E-state index in [1.54, 1.807) is 0 Å². The van der Waals surface area contributed by atoms with Gasteiger partial charge in [-0.3, -0.25) is 4.40 Å². The second-order valence-electron chi connectivity index (χ2n) is 4.69. The zero-order valence-corrected chi connectivity index (χ0v) is 11.3. The van der Waals surface area contributed by atoms with Crippen LogP contribution >= 0.6 is 0 Å². The molecular formula is C15H16N4O. The van der Waals surface area contributed by atoms with E-state index >= 15 is 0 Å². The van der Waals surface area contributed by atoms with Crippen molar-refractivity contribution in [2.45, 2.75) is 13.3 Å². The first-order valence-corrected chi connectivity index (χ1v) is 6.51. The Morgan fingerprint density at radius 3 is 2.80 bits per heavy atom. The average Bonchev–Trinajstić information content (AvgIpc) is 2.83. The fourth-order valence-corrected chi connectivity index (χ4v) is 2.15. The maximum Gasteiger partial charge on any atom is 0.184 e. The van der Waals surface area contributed by atoms with Crippen LogP contribution in [-0.4, -0.2) is 21.2 Å². The lowest BCUT2D eigenvalue weighted by atomic mass is 10.3. The summed E-state index contributed by atoms with van der Waals surface area (Å²) < 4.78 is 7.61. The van der Waals surface area contributed by atoms with Gasteiger partial charge in [-0.05, 0) is 30.7 Å². The predicted molar refractivity (Wildman–Crippen MR) is 77.8 cm³/mol. The number of fused-ring (bicyclic) bond motifs is 1. The zero-order valence-electron chi connectivity index (χ0n) is 11.3. The monoisotopic (exact) mass is 268 g/mol. The van der Waals surface area contributed by atoms with Crippen molar-refractivity contribution in [1.29, 1.82) is 0 Å². The molecule has 3 aromatic rings. The van der Waals surface area contributed by atoms with Gasteiger partial charge in [-0.2, -0.15) is 0 Å².